The molecule has 2 aliphatic carbocycles. The van der Waals surface area contributed by atoms with Crippen molar-refractivity contribution in [3.63, 3.8) is 0 Å². The predicted molar refractivity (Wildman–Crippen MR) is 128 cm³/mol. The molecule has 0 spiro atoms. The lowest BCUT2D eigenvalue weighted by molar-refractivity contribution is -0.148. The minimum Gasteiger partial charge on any atom is -0.479 e. The SMILES string of the molecule is O=C(NC1C=CCC(C(=O)NC2CCOC2C(=O)O)C1)OCC1c2ccccc2-c2ccccc21. The fourth-order valence-corrected chi connectivity index (χ4v) is 5.28. The number of alkyl carbamates (subject to hydrolysis) is 1. The number of hydrogen-bond acceptors (Lipinski definition) is 5. The van der Waals surface area contributed by atoms with Gasteiger partial charge in [0.1, 0.15) is 6.61 Å². The Morgan fingerprint density at radius 3 is 2.37 bits per heavy atom. The molecule has 2 amide bonds. The highest BCUT2D eigenvalue weighted by Crippen LogP contribution is 2.44. The fraction of sp³-hybridized carbons (Fsp3) is 0.370. The first-order valence-electron chi connectivity index (χ1n) is 11.9. The minimum absolute atomic E-state index is 0.0237. The van der Waals surface area contributed by atoms with Crippen LogP contribution in [0.15, 0.2) is 60.7 Å². The highest BCUT2D eigenvalue weighted by molar-refractivity contribution is 5.82. The molecule has 3 aliphatic rings. The van der Waals surface area contributed by atoms with Gasteiger partial charge >= 0.3 is 12.1 Å². The van der Waals surface area contributed by atoms with E-state index in [-0.39, 0.29) is 30.4 Å². The van der Waals surface area contributed by atoms with Crippen LogP contribution >= 0.6 is 0 Å². The van der Waals surface area contributed by atoms with Gasteiger partial charge in [-0.1, -0.05) is 60.7 Å². The van der Waals surface area contributed by atoms with Crippen LogP contribution < -0.4 is 10.6 Å². The molecule has 3 N–H and O–H groups in total. The van der Waals surface area contributed by atoms with E-state index in [2.05, 4.69) is 34.9 Å². The number of carboxylic acids is 1. The summed E-state index contributed by atoms with van der Waals surface area (Å²) in [6.07, 6.45) is 3.58. The lowest BCUT2D eigenvalue weighted by Gasteiger charge is -2.26. The second kappa shape index (κ2) is 9.92. The summed E-state index contributed by atoms with van der Waals surface area (Å²) in [7, 11) is 0. The molecule has 2 aromatic carbocycles. The summed E-state index contributed by atoms with van der Waals surface area (Å²) in [5.74, 6) is -1.69. The quantitative estimate of drug-likeness (QED) is 0.552. The number of carbonyl (C=O) groups is 3. The Labute approximate surface area is 203 Å². The molecular weight excluding hydrogens is 448 g/mol. The normalized spacial score (nSPS) is 24.9. The Hall–Kier alpha value is -3.65. The lowest BCUT2D eigenvalue weighted by atomic mass is 9.90. The van der Waals surface area contributed by atoms with Gasteiger partial charge in [-0.3, -0.25) is 4.79 Å². The second-order valence-corrected chi connectivity index (χ2v) is 9.21. The van der Waals surface area contributed by atoms with E-state index in [4.69, 9.17) is 9.47 Å². The number of amides is 2. The summed E-state index contributed by atoms with van der Waals surface area (Å²) in [6, 6.07) is 15.4. The van der Waals surface area contributed by atoms with E-state index in [0.29, 0.717) is 25.9 Å². The number of ether oxygens (including phenoxy) is 2. The van der Waals surface area contributed by atoms with Gasteiger partial charge in [0.2, 0.25) is 5.91 Å². The molecule has 1 saturated heterocycles. The molecule has 0 saturated carbocycles. The first-order chi connectivity index (χ1) is 17.0. The molecule has 1 aliphatic heterocycles. The van der Waals surface area contributed by atoms with E-state index >= 15 is 0 Å². The zero-order valence-corrected chi connectivity index (χ0v) is 19.2. The van der Waals surface area contributed by atoms with Crippen molar-refractivity contribution in [2.75, 3.05) is 13.2 Å². The zero-order chi connectivity index (χ0) is 24.4. The average Bonchev–Trinajstić information content (AvgIpc) is 3.45. The van der Waals surface area contributed by atoms with E-state index in [9.17, 15) is 19.5 Å². The number of aliphatic carboxylic acids is 1. The third-order valence-corrected chi connectivity index (χ3v) is 7.01. The summed E-state index contributed by atoms with van der Waals surface area (Å²) in [4.78, 5) is 36.7. The predicted octanol–water partition coefficient (Wildman–Crippen LogP) is 3.22. The van der Waals surface area contributed by atoms with E-state index in [1.54, 1.807) is 0 Å². The van der Waals surface area contributed by atoms with Gasteiger partial charge in [0.25, 0.3) is 0 Å². The topological polar surface area (TPSA) is 114 Å². The summed E-state index contributed by atoms with van der Waals surface area (Å²) < 4.78 is 10.8. The maximum absolute atomic E-state index is 12.7. The van der Waals surface area contributed by atoms with Crippen LogP contribution in [0.3, 0.4) is 0 Å². The van der Waals surface area contributed by atoms with Crippen LogP contribution in [0.2, 0.25) is 0 Å². The van der Waals surface area contributed by atoms with Crippen molar-refractivity contribution < 1.29 is 29.0 Å². The van der Waals surface area contributed by atoms with E-state index < -0.39 is 24.2 Å². The molecule has 0 bridgehead atoms. The zero-order valence-electron chi connectivity index (χ0n) is 19.2. The smallest absolute Gasteiger partial charge is 0.407 e. The van der Waals surface area contributed by atoms with E-state index in [0.717, 1.165) is 11.1 Å². The Morgan fingerprint density at radius 2 is 1.69 bits per heavy atom. The molecule has 4 atom stereocenters. The van der Waals surface area contributed by atoms with Crippen molar-refractivity contribution >= 4 is 18.0 Å². The van der Waals surface area contributed by atoms with Gasteiger partial charge in [0.15, 0.2) is 6.10 Å². The third kappa shape index (κ3) is 4.79. The van der Waals surface area contributed by atoms with Crippen LogP contribution in [0.1, 0.15) is 36.3 Å². The number of hydrogen-bond donors (Lipinski definition) is 3. The van der Waals surface area contributed by atoms with E-state index in [1.165, 1.54) is 11.1 Å². The van der Waals surface area contributed by atoms with Gasteiger partial charge in [0.05, 0.1) is 12.1 Å². The molecule has 1 fully saturated rings. The first kappa shape index (κ1) is 23.1. The molecule has 1 heterocycles. The van der Waals surface area contributed by atoms with Gasteiger partial charge in [-0.25, -0.2) is 9.59 Å². The second-order valence-electron chi connectivity index (χ2n) is 9.21. The third-order valence-electron chi connectivity index (χ3n) is 7.01. The summed E-state index contributed by atoms with van der Waals surface area (Å²) in [5.41, 5.74) is 4.62. The molecule has 35 heavy (non-hydrogen) atoms. The number of nitrogens with one attached hydrogen (secondary N) is 2. The van der Waals surface area contributed by atoms with Crippen molar-refractivity contribution in [2.24, 2.45) is 5.92 Å². The van der Waals surface area contributed by atoms with Gasteiger partial charge < -0.3 is 25.2 Å². The Bertz CT molecular complexity index is 1120. The summed E-state index contributed by atoms with van der Waals surface area (Å²) in [6.45, 7) is 0.525. The van der Waals surface area contributed by atoms with Crippen LogP contribution in [-0.2, 0) is 19.1 Å². The largest absolute Gasteiger partial charge is 0.479 e. The molecule has 182 valence electrons. The Balaban J connectivity index is 1.15. The molecule has 0 aromatic heterocycles. The molecule has 0 radical (unpaired) electrons. The van der Waals surface area contributed by atoms with E-state index in [1.807, 2.05) is 36.4 Å². The molecule has 8 heteroatoms. The van der Waals surface area contributed by atoms with Gasteiger partial charge in [-0.2, -0.15) is 0 Å². The number of benzene rings is 2. The maximum Gasteiger partial charge on any atom is 0.407 e. The number of fused-ring (bicyclic) bond motifs is 3. The van der Waals surface area contributed by atoms with Crippen molar-refractivity contribution in [2.45, 2.75) is 43.4 Å². The monoisotopic (exact) mass is 476 g/mol. The highest BCUT2D eigenvalue weighted by Gasteiger charge is 2.37. The summed E-state index contributed by atoms with van der Waals surface area (Å²) >= 11 is 0. The van der Waals surface area contributed by atoms with Gasteiger partial charge in [-0.15, -0.1) is 0 Å². The molecule has 5 rings (SSSR count). The molecule has 4 unspecified atom stereocenters. The fourth-order valence-electron chi connectivity index (χ4n) is 5.28. The van der Waals surface area contributed by atoms with Crippen molar-refractivity contribution in [3.05, 3.63) is 71.8 Å². The Kier molecular flexibility index (Phi) is 6.55. The van der Waals surface area contributed by atoms with Crippen LogP contribution in [0, 0.1) is 5.92 Å². The molecular formula is C27H28N2O6. The standard InChI is InChI=1S/C27H28N2O6/c30-25(29-23-12-13-34-24(23)26(31)32)16-6-5-7-17(14-16)28-27(33)35-15-22-20-10-3-1-8-18(20)19-9-2-4-11-21(19)22/h1-5,7-11,16-17,22-24H,6,12-15H2,(H,28,33)(H,29,30)(H,31,32). The Morgan fingerprint density at radius 1 is 1.00 bits per heavy atom. The maximum atomic E-state index is 12.7. The minimum atomic E-state index is -1.08. The van der Waals surface area contributed by atoms with Crippen molar-refractivity contribution in [3.8, 4) is 11.1 Å². The summed E-state index contributed by atoms with van der Waals surface area (Å²) in [5, 5.41) is 14.9. The van der Waals surface area contributed by atoms with Crippen LogP contribution in [-0.4, -0.2) is 54.5 Å². The van der Waals surface area contributed by atoms with Gasteiger partial charge in [-0.05, 0) is 41.5 Å². The highest BCUT2D eigenvalue weighted by atomic mass is 16.5. The lowest BCUT2D eigenvalue weighted by Crippen LogP contribution is -2.48. The number of carbonyl (C=O) groups excluding carboxylic acids is 2. The number of allylic oxidation sites excluding steroid dienone is 1. The van der Waals surface area contributed by atoms with Crippen molar-refractivity contribution in [1.82, 2.24) is 10.6 Å². The molecule has 8 nitrogen and oxygen atoms in total. The van der Waals surface area contributed by atoms with Crippen LogP contribution in [0.5, 0.6) is 0 Å². The van der Waals surface area contributed by atoms with Crippen LogP contribution in [0.25, 0.3) is 11.1 Å². The average molecular weight is 477 g/mol. The van der Waals surface area contributed by atoms with Crippen LogP contribution in [0.4, 0.5) is 4.79 Å². The molecule has 2 aromatic rings. The number of rotatable bonds is 6. The number of carboxylic acid groups (broad SMARTS) is 1. The van der Waals surface area contributed by atoms with Gasteiger partial charge in [0, 0.05) is 18.4 Å². The van der Waals surface area contributed by atoms with Crippen molar-refractivity contribution in [1.29, 1.82) is 0 Å². The first-order valence-corrected chi connectivity index (χ1v) is 11.9.